The summed E-state index contributed by atoms with van der Waals surface area (Å²) in [4.78, 5) is 131. The van der Waals surface area contributed by atoms with Crippen molar-refractivity contribution in [2.75, 3.05) is 13.1 Å². The number of ketones is 1. The van der Waals surface area contributed by atoms with Gasteiger partial charge in [0.05, 0.1) is 11.7 Å². The maximum Gasteiger partial charge on any atom is 0.243 e. The minimum absolute atomic E-state index is 0.0313. The Kier molecular flexibility index (Phi) is 32.7. The number of hydrogen-bond donors (Lipinski definition) is 11. The Balaban J connectivity index is 1.22. The molecule has 1 aliphatic rings. The van der Waals surface area contributed by atoms with Gasteiger partial charge in [-0.05, 0) is 118 Å². The summed E-state index contributed by atoms with van der Waals surface area (Å²) in [6.07, 6.45) is 21.9. The van der Waals surface area contributed by atoms with Crippen molar-refractivity contribution in [3.8, 4) is 5.75 Å². The molecule has 94 heavy (non-hydrogen) atoms. The standard InChI is InChI=1S/C71H103N13O10/c1-3-4-5-6-7-8-9-10-11-12-13-14-18-34-65(88)74-40-25-22-31-58(66(73)89)77-68(91)59-33-23-26-41-84-48-54(82-83-84)46-63(76-49(2)85)71(94)81-62(44-53-47-75-57-30-20-19-29-56(53)57)70(93)79-60(32-21-24-39-72)69(92)80-61(43-51-35-37-55(86)38-36-51)64(87)45-52(67(90)78-59)42-50-27-16-15-17-28-50/h15-17,19-20,27-30,35-38,47-48,52,58-63,75,86H,3-14,18,21-26,31-34,39-46,72H2,1-2H3,(H2,73,89)(H,74,88)(H,76,85)(H,77,91)(H,78,90)(H,79,93)(H,80,92)(H,81,94)/t52-,58-,59-,60+,61+,62+,63-/m1/s1. The Morgan fingerprint density at radius 1 is 0.670 bits per heavy atom. The Bertz CT molecular complexity index is 3170. The number of amides is 8. The van der Waals surface area contributed by atoms with Crippen LogP contribution in [0.4, 0.5) is 0 Å². The highest BCUT2D eigenvalue weighted by Crippen LogP contribution is 2.23. The van der Waals surface area contributed by atoms with Gasteiger partial charge in [0.25, 0.3) is 0 Å². The number of carbonyl (C=O) groups is 9. The molecular weight excluding hydrogens is 1190 g/mol. The minimum Gasteiger partial charge on any atom is -0.508 e. The van der Waals surface area contributed by atoms with Gasteiger partial charge >= 0.3 is 0 Å². The lowest BCUT2D eigenvalue weighted by Gasteiger charge is -2.27. The Hall–Kier alpha value is -8.47. The van der Waals surface area contributed by atoms with E-state index < -0.39 is 95.7 Å². The number of nitrogens with one attached hydrogen (secondary N) is 8. The summed E-state index contributed by atoms with van der Waals surface area (Å²) < 4.78 is 1.55. The first-order valence-corrected chi connectivity index (χ1v) is 34.3. The van der Waals surface area contributed by atoms with Crippen LogP contribution in [0.25, 0.3) is 10.9 Å². The molecule has 0 fully saturated rings. The van der Waals surface area contributed by atoms with Crippen LogP contribution in [0.5, 0.6) is 5.75 Å². The normalized spacial score (nSPS) is 19.2. The Labute approximate surface area is 553 Å². The number of carbonyl (C=O) groups excluding carboxylic acids is 9. The highest BCUT2D eigenvalue weighted by atomic mass is 16.3. The van der Waals surface area contributed by atoms with E-state index in [1.165, 1.54) is 83.3 Å². The van der Waals surface area contributed by atoms with Crippen molar-refractivity contribution in [1.82, 2.24) is 57.2 Å². The number of aromatic hydroxyl groups is 1. The average molecular weight is 1300 g/mol. The predicted molar refractivity (Wildman–Crippen MR) is 361 cm³/mol. The summed E-state index contributed by atoms with van der Waals surface area (Å²) in [6, 6.07) is 15.1. The lowest BCUT2D eigenvalue weighted by molar-refractivity contribution is -0.135. The molecule has 0 saturated carbocycles. The molecule has 13 N–H and O–H groups in total. The molecule has 3 aromatic carbocycles. The number of unbranched alkanes of at least 4 members (excludes halogenated alkanes) is 14. The van der Waals surface area contributed by atoms with Gasteiger partial charge in [-0.25, -0.2) is 0 Å². The summed E-state index contributed by atoms with van der Waals surface area (Å²) >= 11 is 0. The highest BCUT2D eigenvalue weighted by molar-refractivity contribution is 5.98. The number of nitrogens with two attached hydrogens (primary N) is 2. The van der Waals surface area contributed by atoms with E-state index >= 15 is 4.79 Å². The lowest BCUT2D eigenvalue weighted by Crippen LogP contribution is -2.58. The minimum atomic E-state index is -1.30. The number of aromatic nitrogens is 4. The van der Waals surface area contributed by atoms with Crippen LogP contribution in [0.3, 0.4) is 0 Å². The van der Waals surface area contributed by atoms with Crippen molar-refractivity contribution >= 4 is 63.9 Å². The van der Waals surface area contributed by atoms with Gasteiger partial charge < -0.3 is 58.8 Å². The van der Waals surface area contributed by atoms with E-state index in [9.17, 15) is 43.5 Å². The van der Waals surface area contributed by atoms with E-state index in [2.05, 4.69) is 59.4 Å². The van der Waals surface area contributed by atoms with Crippen LogP contribution < -0.4 is 48.7 Å². The number of fused-ring (bicyclic) bond motifs is 3. The number of para-hydroxylation sites is 1. The zero-order valence-electron chi connectivity index (χ0n) is 55.2. The van der Waals surface area contributed by atoms with Gasteiger partial charge in [0.15, 0.2) is 5.78 Å². The van der Waals surface area contributed by atoms with E-state index in [-0.39, 0.29) is 69.7 Å². The van der Waals surface area contributed by atoms with Crippen LogP contribution in [-0.4, -0.2) is 127 Å². The third-order valence-corrected chi connectivity index (χ3v) is 17.4. The number of rotatable bonds is 33. The van der Waals surface area contributed by atoms with Crippen LogP contribution in [-0.2, 0) is 75.4 Å². The van der Waals surface area contributed by atoms with Crippen LogP contribution in [0.15, 0.2) is 91.3 Å². The number of aromatic amines is 1. The molecule has 512 valence electrons. The second-order valence-electron chi connectivity index (χ2n) is 25.2. The molecule has 5 aromatic rings. The number of benzene rings is 3. The largest absolute Gasteiger partial charge is 0.508 e. The van der Waals surface area contributed by atoms with E-state index in [1.807, 2.05) is 42.5 Å². The number of H-pyrrole nitrogens is 1. The molecule has 23 nitrogen and oxygen atoms in total. The SMILES string of the molecule is CCCCCCCCCCCCCCCC(=O)NCCCC[C@@H](NC(=O)[C@H]1CCCCn2cc(nn2)C[C@@H](NC(C)=O)C(=O)N[C@@H](Cc2c[nH]c3ccccc23)C(=O)N[C@@H](CCCCN)C(=O)N[C@@H](Cc2ccc(O)cc2)C(=O)C[C@@H](Cc2ccccc2)C(=O)N1)C(N)=O. The molecule has 6 rings (SSSR count). The third kappa shape index (κ3) is 26.9. The van der Waals surface area contributed by atoms with Crippen LogP contribution in [0.2, 0.25) is 0 Å². The van der Waals surface area contributed by atoms with E-state index in [0.717, 1.165) is 30.2 Å². The topological polar surface area (TPSA) is 357 Å². The third-order valence-electron chi connectivity index (χ3n) is 17.4. The molecule has 0 spiro atoms. The number of primary amides is 1. The van der Waals surface area contributed by atoms with Gasteiger partial charge in [-0.15, -0.1) is 5.10 Å². The van der Waals surface area contributed by atoms with Crippen LogP contribution in [0.1, 0.15) is 190 Å². The summed E-state index contributed by atoms with van der Waals surface area (Å²) in [5.41, 5.74) is 14.9. The first kappa shape index (κ1) is 74.6. The van der Waals surface area contributed by atoms with Gasteiger partial charge in [0.2, 0.25) is 47.3 Å². The Morgan fingerprint density at radius 3 is 2.01 bits per heavy atom. The quantitative estimate of drug-likeness (QED) is 0.0193. The van der Waals surface area contributed by atoms with Crippen molar-refractivity contribution in [1.29, 1.82) is 0 Å². The van der Waals surface area contributed by atoms with Gasteiger partial charge in [0, 0.05) is 74.9 Å². The molecule has 0 aliphatic carbocycles. The van der Waals surface area contributed by atoms with Crippen molar-refractivity contribution in [2.45, 2.75) is 236 Å². The maximum atomic E-state index is 15.1. The average Bonchev–Trinajstić information content (AvgIpc) is 1.85. The fourth-order valence-electron chi connectivity index (χ4n) is 12.0. The second kappa shape index (κ2) is 41.3. The van der Waals surface area contributed by atoms with Crippen molar-refractivity contribution < 1.29 is 48.3 Å². The first-order valence-electron chi connectivity index (χ1n) is 34.3. The molecule has 1 aliphatic heterocycles. The fraction of sp³-hybridized carbons (Fsp3) is 0.563. The summed E-state index contributed by atoms with van der Waals surface area (Å²) in [5.74, 6) is -6.52. The number of Topliss-reactive ketones (excluding diaryl/α,β-unsaturated/α-hetero) is 1. The highest BCUT2D eigenvalue weighted by Gasteiger charge is 2.35. The molecule has 0 radical (unpaired) electrons. The van der Waals surface area contributed by atoms with Gasteiger partial charge in [0.1, 0.15) is 36.0 Å². The molecule has 2 aromatic heterocycles. The van der Waals surface area contributed by atoms with E-state index in [1.54, 1.807) is 41.3 Å². The van der Waals surface area contributed by atoms with Crippen LogP contribution in [0, 0.1) is 5.92 Å². The summed E-state index contributed by atoms with van der Waals surface area (Å²) in [7, 11) is 0. The molecule has 3 heterocycles. The number of nitrogens with zero attached hydrogens (tertiary/aromatic N) is 3. The molecule has 7 atom stereocenters. The number of phenols is 1. The summed E-state index contributed by atoms with van der Waals surface area (Å²) in [6.45, 7) is 4.44. The lowest BCUT2D eigenvalue weighted by atomic mass is 9.89. The van der Waals surface area contributed by atoms with Gasteiger partial charge in [-0.3, -0.25) is 47.8 Å². The fourth-order valence-corrected chi connectivity index (χ4v) is 12.0. The maximum absolute atomic E-state index is 15.1. The van der Waals surface area contributed by atoms with Crippen molar-refractivity contribution in [3.05, 3.63) is 114 Å². The van der Waals surface area contributed by atoms with Gasteiger partial charge in [-0.1, -0.05) is 150 Å². The molecule has 0 unspecified atom stereocenters. The Morgan fingerprint density at radius 2 is 1.32 bits per heavy atom. The number of hydrogen-bond acceptors (Lipinski definition) is 13. The first-order chi connectivity index (χ1) is 45.5. The zero-order chi connectivity index (χ0) is 67.5. The number of phenolic OH excluding ortho intramolecular Hbond substituents is 1. The molecule has 2 bridgehead atoms. The van der Waals surface area contributed by atoms with Crippen molar-refractivity contribution in [2.24, 2.45) is 17.4 Å². The summed E-state index contributed by atoms with van der Waals surface area (Å²) in [5, 5.41) is 39.6. The molecular formula is C71H103N13O10. The van der Waals surface area contributed by atoms with Gasteiger partial charge in [-0.2, -0.15) is 0 Å². The van der Waals surface area contributed by atoms with Crippen molar-refractivity contribution in [3.63, 3.8) is 0 Å². The van der Waals surface area contributed by atoms with E-state index in [0.29, 0.717) is 73.9 Å². The van der Waals surface area contributed by atoms with Crippen LogP contribution >= 0.6 is 0 Å². The predicted octanol–water partition coefficient (Wildman–Crippen LogP) is 6.81. The monoisotopic (exact) mass is 1300 g/mol. The van der Waals surface area contributed by atoms with E-state index in [4.69, 9.17) is 11.5 Å². The molecule has 0 saturated heterocycles. The smallest absolute Gasteiger partial charge is 0.243 e. The second-order valence-corrected chi connectivity index (χ2v) is 25.2. The molecule has 23 heteroatoms. The zero-order valence-corrected chi connectivity index (χ0v) is 55.2. The molecule has 8 amide bonds. The number of aryl methyl sites for hydroxylation is 1.